The van der Waals surface area contributed by atoms with Gasteiger partial charge in [-0.25, -0.2) is 4.79 Å². The Hall–Kier alpha value is -2.01. The van der Waals surface area contributed by atoms with Crippen molar-refractivity contribution in [3.8, 4) is 0 Å². The number of carbonyl (C=O) groups is 1. The third-order valence-corrected chi connectivity index (χ3v) is 6.72. The van der Waals surface area contributed by atoms with E-state index in [0.717, 1.165) is 41.7 Å². The fraction of sp³-hybridized carbons (Fsp3) is 0.550. The number of carbonyl (C=O) groups excluding carboxylic acids is 1. The second-order valence-corrected chi connectivity index (χ2v) is 8.05. The normalized spacial score (nSPS) is 34.0. The number of aryl methyl sites for hydroxylation is 1. The number of hydrogen-bond acceptors (Lipinski definition) is 3. The molecule has 5 rings (SSSR count). The number of benzene rings is 1. The number of rotatable bonds is 2. The zero-order valence-corrected chi connectivity index (χ0v) is 14.6. The summed E-state index contributed by atoms with van der Waals surface area (Å²) in [6.07, 6.45) is 1.81. The molecule has 2 bridgehead atoms. The van der Waals surface area contributed by atoms with Crippen molar-refractivity contribution in [3.63, 3.8) is 0 Å². The van der Waals surface area contributed by atoms with E-state index in [1.807, 2.05) is 43.0 Å². The highest BCUT2D eigenvalue weighted by molar-refractivity contribution is 5.82. The summed E-state index contributed by atoms with van der Waals surface area (Å²) in [6.45, 7) is 4.77. The number of hydrogen-bond donors (Lipinski definition) is 2. The summed E-state index contributed by atoms with van der Waals surface area (Å²) >= 11 is 0. The van der Waals surface area contributed by atoms with E-state index < -0.39 is 0 Å². The minimum Gasteiger partial charge on any atom is -0.459 e. The number of amides is 2. The van der Waals surface area contributed by atoms with E-state index in [1.54, 1.807) is 0 Å². The van der Waals surface area contributed by atoms with E-state index in [2.05, 4.69) is 5.32 Å². The molecular formula is C20H24N2O3. The van der Waals surface area contributed by atoms with Crippen LogP contribution >= 0.6 is 0 Å². The number of aliphatic hydroxyl groups excluding tert-OH is 1. The Morgan fingerprint density at radius 1 is 1.32 bits per heavy atom. The predicted octanol–water partition coefficient (Wildman–Crippen LogP) is 3.21. The molecule has 2 heterocycles. The number of urea groups is 1. The monoisotopic (exact) mass is 340 g/mol. The molecule has 1 saturated heterocycles. The van der Waals surface area contributed by atoms with E-state index >= 15 is 0 Å². The second kappa shape index (κ2) is 5.24. The fourth-order valence-electron chi connectivity index (χ4n) is 5.59. The summed E-state index contributed by atoms with van der Waals surface area (Å²) in [7, 11) is 0. The van der Waals surface area contributed by atoms with E-state index in [9.17, 15) is 9.90 Å². The van der Waals surface area contributed by atoms with Crippen molar-refractivity contribution in [2.75, 3.05) is 6.54 Å². The Morgan fingerprint density at radius 3 is 2.88 bits per heavy atom. The average molecular weight is 340 g/mol. The van der Waals surface area contributed by atoms with Crippen LogP contribution in [0.25, 0.3) is 11.0 Å². The minimum atomic E-state index is -0.349. The minimum absolute atomic E-state index is 0.00715. The van der Waals surface area contributed by atoms with Crippen molar-refractivity contribution in [1.82, 2.24) is 10.2 Å². The molecule has 2 amide bonds. The Bertz CT molecular complexity index is 843. The van der Waals surface area contributed by atoms with Crippen molar-refractivity contribution in [2.24, 2.45) is 17.8 Å². The van der Waals surface area contributed by atoms with Gasteiger partial charge in [-0.05, 0) is 50.5 Å². The number of aliphatic hydroxyl groups is 1. The summed E-state index contributed by atoms with van der Waals surface area (Å²) in [6, 6.07) is 7.67. The molecule has 5 nitrogen and oxygen atoms in total. The molecule has 0 radical (unpaired) electrons. The summed E-state index contributed by atoms with van der Waals surface area (Å²) < 4.78 is 5.98. The maximum absolute atomic E-state index is 12.9. The van der Waals surface area contributed by atoms with E-state index in [0.29, 0.717) is 17.8 Å². The van der Waals surface area contributed by atoms with Gasteiger partial charge in [0.15, 0.2) is 0 Å². The highest BCUT2D eigenvalue weighted by Crippen LogP contribution is 2.54. The molecule has 1 aliphatic heterocycles. The van der Waals surface area contributed by atoms with Crippen LogP contribution in [0.5, 0.6) is 0 Å². The lowest BCUT2D eigenvalue weighted by Gasteiger charge is -2.29. The number of likely N-dealkylation sites (tertiary alicyclic amines) is 1. The molecule has 5 unspecified atom stereocenters. The van der Waals surface area contributed by atoms with E-state index in [-0.39, 0.29) is 24.2 Å². The van der Waals surface area contributed by atoms with Gasteiger partial charge in [-0.15, -0.1) is 0 Å². The van der Waals surface area contributed by atoms with Gasteiger partial charge in [0.2, 0.25) is 0 Å². The molecule has 1 aromatic heterocycles. The topological polar surface area (TPSA) is 65.7 Å². The molecule has 0 spiro atoms. The highest BCUT2D eigenvalue weighted by Gasteiger charge is 2.60. The zero-order valence-electron chi connectivity index (χ0n) is 14.6. The summed E-state index contributed by atoms with van der Waals surface area (Å²) in [4.78, 5) is 14.7. The Labute approximate surface area is 147 Å². The van der Waals surface area contributed by atoms with Crippen LogP contribution in [-0.2, 0) is 0 Å². The zero-order chi connectivity index (χ0) is 17.3. The molecule has 3 fully saturated rings. The number of para-hydroxylation sites is 1. The molecule has 3 aliphatic rings. The van der Waals surface area contributed by atoms with Crippen molar-refractivity contribution in [3.05, 3.63) is 35.6 Å². The molecule has 2 aromatic rings. The van der Waals surface area contributed by atoms with Crippen LogP contribution in [0, 0.1) is 24.7 Å². The van der Waals surface area contributed by atoms with Crippen LogP contribution < -0.4 is 5.32 Å². The van der Waals surface area contributed by atoms with Gasteiger partial charge >= 0.3 is 6.03 Å². The van der Waals surface area contributed by atoms with E-state index in [4.69, 9.17) is 4.42 Å². The lowest BCUT2D eigenvalue weighted by Crippen LogP contribution is -2.48. The number of nitrogens with zero attached hydrogens (tertiary/aromatic N) is 1. The Balaban J connectivity index is 1.36. The third-order valence-electron chi connectivity index (χ3n) is 6.72. The van der Waals surface area contributed by atoms with Crippen molar-refractivity contribution in [1.29, 1.82) is 0 Å². The predicted molar refractivity (Wildman–Crippen MR) is 94.1 cm³/mol. The van der Waals surface area contributed by atoms with Gasteiger partial charge in [-0.3, -0.25) is 0 Å². The van der Waals surface area contributed by atoms with Crippen LogP contribution in [0.3, 0.4) is 0 Å². The second-order valence-electron chi connectivity index (χ2n) is 8.05. The quantitative estimate of drug-likeness (QED) is 0.882. The van der Waals surface area contributed by atoms with Gasteiger partial charge in [0.05, 0.1) is 18.2 Å². The standard InChI is InChI=1S/C20H24N2O3/c1-10-14-5-3-4-6-16(14)25-19(10)11(2)21-20(24)22-9-13-7-12-8-15(13)17(22)18(12)23/h3-6,11-13,15,17-18,23H,7-9H2,1-2H3,(H,21,24)/t11-,12?,13?,15?,17?,18?/m0/s1. The smallest absolute Gasteiger partial charge is 0.318 e. The lowest BCUT2D eigenvalue weighted by molar-refractivity contribution is 0.0604. The summed E-state index contributed by atoms with van der Waals surface area (Å²) in [5.41, 5.74) is 1.93. The lowest BCUT2D eigenvalue weighted by atomic mass is 9.88. The van der Waals surface area contributed by atoms with Crippen molar-refractivity contribution >= 4 is 17.0 Å². The van der Waals surface area contributed by atoms with Gasteiger partial charge in [0.1, 0.15) is 11.3 Å². The first-order valence-corrected chi connectivity index (χ1v) is 9.28. The first kappa shape index (κ1) is 15.3. The first-order valence-electron chi connectivity index (χ1n) is 9.28. The summed E-state index contributed by atoms with van der Waals surface area (Å²) in [5.74, 6) is 2.27. The van der Waals surface area contributed by atoms with Crippen LogP contribution in [-0.4, -0.2) is 34.7 Å². The number of furan rings is 1. The number of nitrogens with one attached hydrogen (secondary N) is 1. The molecule has 5 heteroatoms. The van der Waals surface area contributed by atoms with Gasteiger partial charge < -0.3 is 19.7 Å². The Morgan fingerprint density at radius 2 is 2.12 bits per heavy atom. The average Bonchev–Trinajstić information content (AvgIpc) is 3.29. The van der Waals surface area contributed by atoms with Gasteiger partial charge in [0.25, 0.3) is 0 Å². The van der Waals surface area contributed by atoms with Crippen LogP contribution in [0.1, 0.15) is 37.1 Å². The van der Waals surface area contributed by atoms with Crippen molar-refractivity contribution < 1.29 is 14.3 Å². The van der Waals surface area contributed by atoms with Crippen LogP contribution in [0.4, 0.5) is 4.79 Å². The molecule has 1 aromatic carbocycles. The Kier molecular flexibility index (Phi) is 3.20. The maximum atomic E-state index is 12.9. The van der Waals surface area contributed by atoms with Gasteiger partial charge in [0, 0.05) is 17.5 Å². The first-order chi connectivity index (χ1) is 12.0. The molecule has 2 saturated carbocycles. The molecule has 2 aliphatic carbocycles. The summed E-state index contributed by atoms with van der Waals surface area (Å²) in [5, 5.41) is 14.7. The largest absolute Gasteiger partial charge is 0.459 e. The van der Waals surface area contributed by atoms with Crippen LogP contribution in [0.15, 0.2) is 28.7 Å². The maximum Gasteiger partial charge on any atom is 0.318 e. The van der Waals surface area contributed by atoms with Gasteiger partial charge in [-0.2, -0.15) is 0 Å². The third kappa shape index (κ3) is 2.08. The molecule has 25 heavy (non-hydrogen) atoms. The highest BCUT2D eigenvalue weighted by atomic mass is 16.3. The number of fused-ring (bicyclic) bond motifs is 2. The molecule has 2 N–H and O–H groups in total. The van der Waals surface area contributed by atoms with Crippen molar-refractivity contribution in [2.45, 2.75) is 44.9 Å². The van der Waals surface area contributed by atoms with E-state index in [1.165, 1.54) is 0 Å². The SMILES string of the molecule is Cc1c([C@H](C)NC(=O)N2CC3CC4CC3C2C4O)oc2ccccc12. The fourth-order valence-corrected chi connectivity index (χ4v) is 5.59. The molecular weight excluding hydrogens is 316 g/mol. The van der Waals surface area contributed by atoms with Crippen LogP contribution in [0.2, 0.25) is 0 Å². The molecule has 6 atom stereocenters. The van der Waals surface area contributed by atoms with Gasteiger partial charge in [-0.1, -0.05) is 18.2 Å². The molecule has 132 valence electrons.